The van der Waals surface area contributed by atoms with Gasteiger partial charge in [-0.15, -0.1) is 0 Å². The number of hydrogen-bond donors (Lipinski definition) is 0. The maximum atomic E-state index is 14.9. The highest BCUT2D eigenvalue weighted by Gasteiger charge is 2.26. The van der Waals surface area contributed by atoms with Crippen LogP contribution in [0.15, 0.2) is 53.6 Å². The summed E-state index contributed by atoms with van der Waals surface area (Å²) in [4.78, 5) is 28.9. The van der Waals surface area contributed by atoms with Crippen LogP contribution in [-0.4, -0.2) is 32.6 Å². The molecule has 1 aliphatic rings. The molecule has 0 radical (unpaired) electrons. The first kappa shape index (κ1) is 21.5. The Morgan fingerprint density at radius 2 is 2.06 bits per heavy atom. The molecular weight excluding hydrogens is 441 g/mol. The number of benzene rings is 1. The van der Waals surface area contributed by atoms with Crippen molar-refractivity contribution >= 4 is 28.3 Å². The van der Waals surface area contributed by atoms with Crippen LogP contribution in [0, 0.1) is 18.7 Å². The summed E-state index contributed by atoms with van der Waals surface area (Å²) >= 11 is 5.97. The third-order valence-corrected chi connectivity index (χ3v) is 6.55. The molecule has 1 saturated heterocycles. The van der Waals surface area contributed by atoms with Crippen LogP contribution >= 0.6 is 11.6 Å². The zero-order valence-corrected chi connectivity index (χ0v) is 19.2. The van der Waals surface area contributed by atoms with E-state index >= 15 is 0 Å². The smallest absolute Gasteiger partial charge is 0.263 e. The molecule has 5 rings (SSSR count). The number of halogens is 2. The summed E-state index contributed by atoms with van der Waals surface area (Å²) in [6.07, 6.45) is 5.64. The Morgan fingerprint density at radius 1 is 1.21 bits per heavy atom. The molecular formula is C25H23ClFN5O. The van der Waals surface area contributed by atoms with Crippen LogP contribution < -0.4 is 10.5 Å². The normalized spacial score (nSPS) is 16.0. The summed E-state index contributed by atoms with van der Waals surface area (Å²) in [7, 11) is 1.66. The molecule has 0 N–H and O–H groups in total. The Hall–Kier alpha value is -3.32. The van der Waals surface area contributed by atoms with Gasteiger partial charge in [-0.05, 0) is 55.5 Å². The lowest BCUT2D eigenvalue weighted by Gasteiger charge is -2.20. The van der Waals surface area contributed by atoms with Gasteiger partial charge in [0.25, 0.3) is 5.56 Å². The van der Waals surface area contributed by atoms with E-state index in [-0.39, 0.29) is 16.1 Å². The van der Waals surface area contributed by atoms with E-state index in [0.29, 0.717) is 34.2 Å². The van der Waals surface area contributed by atoms with Gasteiger partial charge >= 0.3 is 0 Å². The molecule has 6 nitrogen and oxygen atoms in total. The molecule has 1 aromatic carbocycles. The quantitative estimate of drug-likeness (QED) is 0.444. The zero-order valence-electron chi connectivity index (χ0n) is 18.4. The van der Waals surface area contributed by atoms with Crippen molar-refractivity contribution in [2.24, 2.45) is 13.0 Å². The molecule has 3 aromatic heterocycles. The van der Waals surface area contributed by atoms with Crippen LogP contribution in [0.4, 0.5) is 10.2 Å². The zero-order chi connectivity index (χ0) is 23.1. The highest BCUT2D eigenvalue weighted by Crippen LogP contribution is 2.33. The van der Waals surface area contributed by atoms with Gasteiger partial charge in [0.2, 0.25) is 0 Å². The van der Waals surface area contributed by atoms with Crippen molar-refractivity contribution in [1.29, 1.82) is 0 Å². The summed E-state index contributed by atoms with van der Waals surface area (Å²) in [5, 5.41) is 0.593. The Balaban J connectivity index is 1.59. The molecule has 4 heterocycles. The second-order valence-corrected chi connectivity index (χ2v) is 8.97. The fourth-order valence-electron chi connectivity index (χ4n) is 4.48. The molecule has 1 fully saturated rings. The standard InChI is InChI=1S/C25H23ClFN5O/c1-15-29-21-12-22(32-9-7-17(14-32)10-16-4-3-8-28-13-16)30-24(23(21)25(33)31(15)2)19-6-5-18(26)11-20(19)27/h3-6,8,11-13,17H,7,9-10,14H2,1-2H3. The van der Waals surface area contributed by atoms with E-state index < -0.39 is 5.82 Å². The van der Waals surface area contributed by atoms with Crippen LogP contribution in [0.5, 0.6) is 0 Å². The van der Waals surface area contributed by atoms with Crippen molar-refractivity contribution in [2.75, 3.05) is 18.0 Å². The largest absolute Gasteiger partial charge is 0.356 e. The predicted molar refractivity (Wildman–Crippen MR) is 128 cm³/mol. The Bertz CT molecular complexity index is 1410. The summed E-state index contributed by atoms with van der Waals surface area (Å²) in [6.45, 7) is 3.43. The first-order chi connectivity index (χ1) is 15.9. The van der Waals surface area contributed by atoms with E-state index in [0.717, 1.165) is 25.9 Å². The number of hydrogen-bond acceptors (Lipinski definition) is 5. The molecule has 1 aliphatic heterocycles. The minimum Gasteiger partial charge on any atom is -0.356 e. The van der Waals surface area contributed by atoms with Gasteiger partial charge in [-0.25, -0.2) is 14.4 Å². The topological polar surface area (TPSA) is 63.9 Å². The van der Waals surface area contributed by atoms with Crippen molar-refractivity contribution < 1.29 is 4.39 Å². The third-order valence-electron chi connectivity index (χ3n) is 6.31. The van der Waals surface area contributed by atoms with Gasteiger partial charge in [-0.3, -0.25) is 14.3 Å². The highest BCUT2D eigenvalue weighted by atomic mass is 35.5. The summed E-state index contributed by atoms with van der Waals surface area (Å²) in [5.41, 5.74) is 2.00. The molecule has 0 spiro atoms. The lowest BCUT2D eigenvalue weighted by molar-refractivity contribution is 0.585. The molecule has 0 amide bonds. The van der Waals surface area contributed by atoms with Crippen molar-refractivity contribution in [1.82, 2.24) is 19.5 Å². The Morgan fingerprint density at radius 3 is 2.82 bits per heavy atom. The monoisotopic (exact) mass is 463 g/mol. The van der Waals surface area contributed by atoms with Crippen molar-refractivity contribution in [3.8, 4) is 11.3 Å². The molecule has 33 heavy (non-hydrogen) atoms. The summed E-state index contributed by atoms with van der Waals surface area (Å²) < 4.78 is 16.4. The second kappa shape index (κ2) is 8.56. The van der Waals surface area contributed by atoms with Gasteiger partial charge in [0.05, 0.1) is 16.6 Å². The fourth-order valence-corrected chi connectivity index (χ4v) is 4.64. The van der Waals surface area contributed by atoms with Crippen LogP contribution in [-0.2, 0) is 13.5 Å². The summed E-state index contributed by atoms with van der Waals surface area (Å²) in [6, 6.07) is 10.3. The van der Waals surface area contributed by atoms with Crippen LogP contribution in [0.1, 0.15) is 17.8 Å². The average molecular weight is 464 g/mol. The van der Waals surface area contributed by atoms with Gasteiger partial charge in [0, 0.05) is 49.2 Å². The number of aryl methyl sites for hydroxylation is 1. The van der Waals surface area contributed by atoms with E-state index in [4.69, 9.17) is 16.6 Å². The number of nitrogens with zero attached hydrogens (tertiary/aromatic N) is 5. The first-order valence-electron chi connectivity index (χ1n) is 10.9. The first-order valence-corrected chi connectivity index (χ1v) is 11.3. The van der Waals surface area contributed by atoms with Gasteiger partial charge in [-0.2, -0.15) is 0 Å². The average Bonchev–Trinajstić information content (AvgIpc) is 3.26. The molecule has 1 unspecified atom stereocenters. The second-order valence-electron chi connectivity index (χ2n) is 8.54. The highest BCUT2D eigenvalue weighted by molar-refractivity contribution is 6.30. The Kier molecular flexibility index (Phi) is 5.58. The number of anilines is 1. The molecule has 0 bridgehead atoms. The van der Waals surface area contributed by atoms with E-state index in [9.17, 15) is 9.18 Å². The lowest BCUT2D eigenvalue weighted by Crippen LogP contribution is -2.24. The number of aromatic nitrogens is 4. The third kappa shape index (κ3) is 4.09. The van der Waals surface area contributed by atoms with Gasteiger partial charge in [0.15, 0.2) is 0 Å². The lowest BCUT2D eigenvalue weighted by atomic mass is 10.0. The molecule has 168 valence electrons. The molecule has 8 heteroatoms. The number of fused-ring (bicyclic) bond motifs is 1. The van der Waals surface area contributed by atoms with E-state index in [1.54, 1.807) is 32.3 Å². The van der Waals surface area contributed by atoms with E-state index in [1.807, 2.05) is 18.3 Å². The van der Waals surface area contributed by atoms with Gasteiger partial charge in [0.1, 0.15) is 17.5 Å². The van der Waals surface area contributed by atoms with Gasteiger partial charge < -0.3 is 4.90 Å². The minimum absolute atomic E-state index is 0.236. The maximum Gasteiger partial charge on any atom is 0.263 e. The summed E-state index contributed by atoms with van der Waals surface area (Å²) in [5.74, 6) is 1.22. The molecule has 0 aliphatic carbocycles. The predicted octanol–water partition coefficient (Wildman–Crippen LogP) is 4.56. The molecule has 0 saturated carbocycles. The Labute approximate surface area is 195 Å². The minimum atomic E-state index is -0.521. The SMILES string of the molecule is Cc1nc2cc(N3CCC(Cc4cccnc4)C3)nc(-c3ccc(Cl)cc3F)c2c(=O)n1C. The maximum absolute atomic E-state index is 14.9. The molecule has 4 aromatic rings. The van der Waals surface area contributed by atoms with Crippen molar-refractivity contribution in [3.63, 3.8) is 0 Å². The van der Waals surface area contributed by atoms with Crippen molar-refractivity contribution in [3.05, 3.63) is 81.4 Å². The van der Waals surface area contributed by atoms with E-state index in [1.165, 1.54) is 16.2 Å². The van der Waals surface area contributed by atoms with Gasteiger partial charge in [-0.1, -0.05) is 17.7 Å². The van der Waals surface area contributed by atoms with Crippen LogP contribution in [0.3, 0.4) is 0 Å². The van der Waals surface area contributed by atoms with Crippen molar-refractivity contribution in [2.45, 2.75) is 19.8 Å². The number of rotatable bonds is 4. The number of pyridine rings is 2. The molecule has 1 atom stereocenters. The van der Waals surface area contributed by atoms with Crippen LogP contribution in [0.2, 0.25) is 5.02 Å². The fraction of sp³-hybridized carbons (Fsp3) is 0.280. The van der Waals surface area contributed by atoms with Crippen LogP contribution in [0.25, 0.3) is 22.2 Å². The van der Waals surface area contributed by atoms with E-state index in [2.05, 4.69) is 20.9 Å².